The highest BCUT2D eigenvalue weighted by Crippen LogP contribution is 2.19. The van der Waals surface area contributed by atoms with E-state index in [9.17, 15) is 9.59 Å². The number of nitrogens with zero attached hydrogens (tertiary/aromatic N) is 2. The van der Waals surface area contributed by atoms with Crippen LogP contribution in [-0.4, -0.2) is 27.0 Å². The SMILES string of the molecule is Cc1nc(C(=O)O)c(C(=O)Nc2ccc(Cl)cn2)s1. The van der Waals surface area contributed by atoms with Gasteiger partial charge in [0.2, 0.25) is 0 Å². The first-order valence-corrected chi connectivity index (χ1v) is 6.30. The molecule has 0 spiro atoms. The summed E-state index contributed by atoms with van der Waals surface area (Å²) in [5.74, 6) is -1.51. The van der Waals surface area contributed by atoms with E-state index >= 15 is 0 Å². The predicted molar refractivity (Wildman–Crippen MR) is 71.0 cm³/mol. The number of pyridine rings is 1. The van der Waals surface area contributed by atoms with Crippen LogP contribution in [0.4, 0.5) is 5.82 Å². The zero-order valence-corrected chi connectivity index (χ0v) is 11.2. The van der Waals surface area contributed by atoms with Gasteiger partial charge in [0.25, 0.3) is 5.91 Å². The maximum atomic E-state index is 12.0. The van der Waals surface area contributed by atoms with Gasteiger partial charge in [0.15, 0.2) is 5.69 Å². The second kappa shape index (κ2) is 5.33. The summed E-state index contributed by atoms with van der Waals surface area (Å²) < 4.78 is 0. The smallest absolute Gasteiger partial charge is 0.356 e. The normalized spacial score (nSPS) is 10.2. The Bertz CT molecular complexity index is 639. The topological polar surface area (TPSA) is 92.2 Å². The average molecular weight is 298 g/mol. The number of thiazole rings is 1. The zero-order chi connectivity index (χ0) is 14.0. The molecule has 19 heavy (non-hydrogen) atoms. The van der Waals surface area contributed by atoms with Crippen LogP contribution in [0.2, 0.25) is 5.02 Å². The van der Waals surface area contributed by atoms with Crippen LogP contribution in [0.15, 0.2) is 18.3 Å². The Morgan fingerprint density at radius 2 is 2.16 bits per heavy atom. The summed E-state index contributed by atoms with van der Waals surface area (Å²) in [7, 11) is 0. The molecule has 0 fully saturated rings. The lowest BCUT2D eigenvalue weighted by Gasteiger charge is -2.02. The number of carbonyl (C=O) groups excluding carboxylic acids is 1. The highest BCUT2D eigenvalue weighted by atomic mass is 35.5. The minimum atomic E-state index is -1.24. The number of halogens is 1. The lowest BCUT2D eigenvalue weighted by atomic mass is 10.3. The molecule has 8 heteroatoms. The van der Waals surface area contributed by atoms with Gasteiger partial charge in [-0.3, -0.25) is 4.79 Å². The van der Waals surface area contributed by atoms with Crippen LogP contribution in [0.1, 0.15) is 25.2 Å². The zero-order valence-electron chi connectivity index (χ0n) is 9.68. The number of nitrogens with one attached hydrogen (secondary N) is 1. The molecule has 1 amide bonds. The lowest BCUT2D eigenvalue weighted by Crippen LogP contribution is -2.15. The van der Waals surface area contributed by atoms with Gasteiger partial charge in [-0.15, -0.1) is 11.3 Å². The molecule has 0 atom stereocenters. The Labute approximate surface area is 117 Å². The van der Waals surface area contributed by atoms with Gasteiger partial charge < -0.3 is 10.4 Å². The fourth-order valence-electron chi connectivity index (χ4n) is 1.35. The van der Waals surface area contributed by atoms with E-state index < -0.39 is 11.9 Å². The van der Waals surface area contributed by atoms with E-state index in [-0.39, 0.29) is 16.4 Å². The maximum absolute atomic E-state index is 12.0. The van der Waals surface area contributed by atoms with Crippen molar-refractivity contribution < 1.29 is 14.7 Å². The van der Waals surface area contributed by atoms with Crippen molar-refractivity contribution in [3.8, 4) is 0 Å². The van der Waals surface area contributed by atoms with E-state index in [2.05, 4.69) is 15.3 Å². The minimum Gasteiger partial charge on any atom is -0.476 e. The molecule has 0 aliphatic heterocycles. The average Bonchev–Trinajstić information content (AvgIpc) is 2.74. The first-order chi connectivity index (χ1) is 8.97. The van der Waals surface area contributed by atoms with Crippen LogP contribution < -0.4 is 5.32 Å². The van der Waals surface area contributed by atoms with Crippen molar-refractivity contribution in [2.24, 2.45) is 0 Å². The summed E-state index contributed by atoms with van der Waals surface area (Å²) in [6.07, 6.45) is 1.38. The van der Waals surface area contributed by atoms with E-state index in [1.807, 2.05) is 0 Å². The molecule has 2 rings (SSSR count). The van der Waals surface area contributed by atoms with Crippen molar-refractivity contribution in [1.82, 2.24) is 9.97 Å². The number of carboxylic acid groups (broad SMARTS) is 1. The molecule has 2 aromatic heterocycles. The fourth-order valence-corrected chi connectivity index (χ4v) is 2.27. The highest BCUT2D eigenvalue weighted by Gasteiger charge is 2.22. The van der Waals surface area contributed by atoms with E-state index in [0.717, 1.165) is 11.3 Å². The molecule has 98 valence electrons. The number of carboxylic acids is 1. The molecule has 6 nitrogen and oxygen atoms in total. The van der Waals surface area contributed by atoms with E-state index in [1.165, 1.54) is 12.3 Å². The van der Waals surface area contributed by atoms with Crippen molar-refractivity contribution in [3.63, 3.8) is 0 Å². The summed E-state index contributed by atoms with van der Waals surface area (Å²) >= 11 is 6.69. The highest BCUT2D eigenvalue weighted by molar-refractivity contribution is 7.14. The molecule has 0 aliphatic rings. The Morgan fingerprint density at radius 3 is 2.74 bits per heavy atom. The van der Waals surface area contributed by atoms with Gasteiger partial charge in [-0.25, -0.2) is 14.8 Å². The van der Waals surface area contributed by atoms with E-state index in [0.29, 0.717) is 10.0 Å². The number of aryl methyl sites for hydroxylation is 1. The quantitative estimate of drug-likeness (QED) is 0.908. The molecule has 2 heterocycles. The molecule has 0 saturated heterocycles. The van der Waals surface area contributed by atoms with Crippen LogP contribution in [0.5, 0.6) is 0 Å². The number of amides is 1. The number of carbonyl (C=O) groups is 2. The number of rotatable bonds is 3. The van der Waals surface area contributed by atoms with Gasteiger partial charge in [-0.1, -0.05) is 11.6 Å². The Kier molecular flexibility index (Phi) is 3.77. The summed E-state index contributed by atoms with van der Waals surface area (Å²) in [6.45, 7) is 1.63. The molecular weight excluding hydrogens is 290 g/mol. The summed E-state index contributed by atoms with van der Waals surface area (Å²) in [4.78, 5) is 30.7. The maximum Gasteiger partial charge on any atom is 0.356 e. The van der Waals surface area contributed by atoms with Gasteiger partial charge in [-0.05, 0) is 19.1 Å². The molecule has 0 radical (unpaired) electrons. The first-order valence-electron chi connectivity index (χ1n) is 5.11. The van der Waals surface area contributed by atoms with Crippen molar-refractivity contribution in [3.05, 3.63) is 38.9 Å². The molecule has 2 aromatic rings. The van der Waals surface area contributed by atoms with E-state index in [1.54, 1.807) is 13.0 Å². The number of hydrogen-bond acceptors (Lipinski definition) is 5. The Morgan fingerprint density at radius 1 is 1.42 bits per heavy atom. The van der Waals surface area contributed by atoms with Gasteiger partial charge >= 0.3 is 5.97 Å². The molecule has 0 bridgehead atoms. The number of aromatic nitrogens is 2. The monoisotopic (exact) mass is 297 g/mol. The third-order valence-electron chi connectivity index (χ3n) is 2.11. The third-order valence-corrected chi connectivity index (χ3v) is 3.31. The van der Waals surface area contributed by atoms with Crippen LogP contribution in [0, 0.1) is 6.92 Å². The van der Waals surface area contributed by atoms with E-state index in [4.69, 9.17) is 16.7 Å². The van der Waals surface area contributed by atoms with Crippen LogP contribution in [0.3, 0.4) is 0 Å². The van der Waals surface area contributed by atoms with Gasteiger partial charge in [0.05, 0.1) is 10.0 Å². The second-order valence-electron chi connectivity index (χ2n) is 3.53. The van der Waals surface area contributed by atoms with Crippen molar-refractivity contribution in [2.45, 2.75) is 6.92 Å². The first kappa shape index (κ1) is 13.4. The number of anilines is 1. The molecule has 0 aromatic carbocycles. The van der Waals surface area contributed by atoms with Gasteiger partial charge in [0, 0.05) is 6.20 Å². The minimum absolute atomic E-state index is 0.0433. The van der Waals surface area contributed by atoms with Crippen molar-refractivity contribution in [1.29, 1.82) is 0 Å². The van der Waals surface area contributed by atoms with Crippen LogP contribution in [0.25, 0.3) is 0 Å². The lowest BCUT2D eigenvalue weighted by molar-refractivity contribution is 0.0687. The van der Waals surface area contributed by atoms with Crippen molar-refractivity contribution in [2.75, 3.05) is 5.32 Å². The Hall–Kier alpha value is -1.99. The summed E-state index contributed by atoms with van der Waals surface area (Å²) in [6, 6.07) is 3.09. The molecular formula is C11H8ClN3O3S. The fraction of sp³-hybridized carbons (Fsp3) is 0.0909. The largest absolute Gasteiger partial charge is 0.476 e. The molecule has 2 N–H and O–H groups in total. The van der Waals surface area contributed by atoms with Crippen LogP contribution in [-0.2, 0) is 0 Å². The van der Waals surface area contributed by atoms with Gasteiger partial charge in [-0.2, -0.15) is 0 Å². The summed E-state index contributed by atoms with van der Waals surface area (Å²) in [5.41, 5.74) is -0.256. The molecule has 0 unspecified atom stereocenters. The number of hydrogen-bond donors (Lipinski definition) is 2. The standard InChI is InChI=1S/C11H8ClN3O3S/c1-5-14-8(11(17)18)9(19-5)10(16)15-7-3-2-6(12)4-13-7/h2-4H,1H3,(H,17,18)(H,13,15,16). The third kappa shape index (κ3) is 3.07. The number of aromatic carboxylic acids is 1. The molecule has 0 aliphatic carbocycles. The molecule has 0 saturated carbocycles. The van der Waals surface area contributed by atoms with Gasteiger partial charge in [0.1, 0.15) is 10.7 Å². The Balaban J connectivity index is 2.25. The van der Waals surface area contributed by atoms with Crippen molar-refractivity contribution >= 4 is 40.6 Å². The summed E-state index contributed by atoms with van der Waals surface area (Å²) in [5, 5.41) is 12.4. The second-order valence-corrected chi connectivity index (χ2v) is 5.17. The predicted octanol–water partition coefficient (Wildman–Crippen LogP) is 2.45. The van der Waals surface area contributed by atoms with Crippen LogP contribution >= 0.6 is 22.9 Å².